The van der Waals surface area contributed by atoms with E-state index in [1.165, 1.54) is 0 Å². The van der Waals surface area contributed by atoms with Gasteiger partial charge in [-0.2, -0.15) is 0 Å². The lowest BCUT2D eigenvalue weighted by Crippen LogP contribution is -2.03. The zero-order chi connectivity index (χ0) is 13.1. The fourth-order valence-corrected chi connectivity index (χ4v) is 2.67. The van der Waals surface area contributed by atoms with Crippen molar-refractivity contribution in [2.45, 2.75) is 19.4 Å². The highest BCUT2D eigenvalue weighted by molar-refractivity contribution is 9.10. The number of halogens is 2. The minimum atomic E-state index is -0.568. The van der Waals surface area contributed by atoms with Crippen molar-refractivity contribution in [2.75, 3.05) is 0 Å². The van der Waals surface area contributed by atoms with E-state index in [0.717, 1.165) is 21.2 Å². The quantitative estimate of drug-likeness (QED) is 0.922. The number of hydrogen-bond donors (Lipinski definition) is 1. The van der Waals surface area contributed by atoms with E-state index in [9.17, 15) is 5.11 Å². The van der Waals surface area contributed by atoms with Crippen molar-refractivity contribution in [2.24, 2.45) is 0 Å². The van der Waals surface area contributed by atoms with Gasteiger partial charge in [-0.15, -0.1) is 0 Å². The van der Waals surface area contributed by atoms with Crippen molar-refractivity contribution >= 4 is 27.5 Å². The van der Waals surface area contributed by atoms with Crippen molar-refractivity contribution in [3.05, 3.63) is 62.8 Å². The van der Waals surface area contributed by atoms with Crippen LogP contribution >= 0.6 is 27.5 Å². The SMILES string of the molecule is Cc1cc(Br)cc(C(O)Cc2ccncc2Cl)c1. The molecule has 2 aromatic rings. The molecule has 4 heteroatoms. The van der Waals surface area contributed by atoms with Gasteiger partial charge in [0, 0.05) is 23.3 Å². The smallest absolute Gasteiger partial charge is 0.0831 e. The number of hydrogen-bond acceptors (Lipinski definition) is 2. The maximum Gasteiger partial charge on any atom is 0.0831 e. The first-order valence-electron chi connectivity index (χ1n) is 5.60. The molecule has 0 amide bonds. The molecule has 1 aromatic carbocycles. The summed E-state index contributed by atoms with van der Waals surface area (Å²) in [5.41, 5.74) is 2.89. The predicted molar refractivity (Wildman–Crippen MR) is 76.8 cm³/mol. The van der Waals surface area contributed by atoms with Crippen molar-refractivity contribution < 1.29 is 5.11 Å². The summed E-state index contributed by atoms with van der Waals surface area (Å²) in [5.74, 6) is 0. The summed E-state index contributed by atoms with van der Waals surface area (Å²) in [6.07, 6.45) is 3.19. The van der Waals surface area contributed by atoms with Gasteiger partial charge in [-0.3, -0.25) is 4.98 Å². The number of aliphatic hydroxyl groups excluding tert-OH is 1. The Balaban J connectivity index is 2.22. The largest absolute Gasteiger partial charge is 0.388 e. The van der Waals surface area contributed by atoms with E-state index in [2.05, 4.69) is 20.9 Å². The third-order valence-corrected chi connectivity index (χ3v) is 3.52. The second-order valence-corrected chi connectivity index (χ2v) is 5.57. The van der Waals surface area contributed by atoms with Crippen LogP contribution in [0.5, 0.6) is 0 Å². The van der Waals surface area contributed by atoms with E-state index >= 15 is 0 Å². The minimum Gasteiger partial charge on any atom is -0.388 e. The Hall–Kier alpha value is -0.900. The molecule has 2 rings (SSSR count). The summed E-state index contributed by atoms with van der Waals surface area (Å²) >= 11 is 9.47. The molecule has 1 N–H and O–H groups in total. The van der Waals surface area contributed by atoms with E-state index in [1.54, 1.807) is 12.4 Å². The molecule has 0 aliphatic carbocycles. The normalized spacial score (nSPS) is 12.4. The van der Waals surface area contributed by atoms with Crippen LogP contribution in [-0.2, 0) is 6.42 Å². The number of rotatable bonds is 3. The van der Waals surface area contributed by atoms with Gasteiger partial charge in [0.1, 0.15) is 0 Å². The van der Waals surface area contributed by atoms with E-state index in [-0.39, 0.29) is 0 Å². The molecular weight excluding hydrogens is 314 g/mol. The van der Waals surface area contributed by atoms with E-state index in [4.69, 9.17) is 11.6 Å². The van der Waals surface area contributed by atoms with E-state index < -0.39 is 6.10 Å². The molecule has 0 spiro atoms. The minimum absolute atomic E-state index is 0.483. The molecule has 1 atom stereocenters. The van der Waals surface area contributed by atoms with Crippen molar-refractivity contribution in [3.8, 4) is 0 Å². The lowest BCUT2D eigenvalue weighted by Gasteiger charge is -2.13. The van der Waals surface area contributed by atoms with Gasteiger partial charge in [0.2, 0.25) is 0 Å². The first-order valence-corrected chi connectivity index (χ1v) is 6.77. The van der Waals surface area contributed by atoms with Gasteiger partial charge in [0.05, 0.1) is 11.1 Å². The summed E-state index contributed by atoms with van der Waals surface area (Å²) < 4.78 is 0.970. The lowest BCUT2D eigenvalue weighted by molar-refractivity contribution is 0.178. The average Bonchev–Trinajstić information content (AvgIpc) is 2.31. The van der Waals surface area contributed by atoms with Crippen LogP contribution in [0.3, 0.4) is 0 Å². The Kier molecular flexibility index (Phi) is 4.38. The second kappa shape index (κ2) is 5.83. The number of pyridine rings is 1. The molecule has 0 saturated carbocycles. The first kappa shape index (κ1) is 13.5. The zero-order valence-corrected chi connectivity index (χ0v) is 12.2. The Morgan fingerprint density at radius 3 is 2.83 bits per heavy atom. The lowest BCUT2D eigenvalue weighted by atomic mass is 10.0. The Labute approximate surface area is 120 Å². The van der Waals surface area contributed by atoms with Gasteiger partial charge in [-0.1, -0.05) is 33.6 Å². The molecule has 1 aromatic heterocycles. The van der Waals surface area contributed by atoms with E-state index in [0.29, 0.717) is 11.4 Å². The molecular formula is C14H13BrClNO. The highest BCUT2D eigenvalue weighted by atomic mass is 79.9. The monoisotopic (exact) mass is 325 g/mol. The fourth-order valence-electron chi connectivity index (χ4n) is 1.85. The Morgan fingerprint density at radius 2 is 2.17 bits per heavy atom. The molecule has 94 valence electrons. The molecule has 18 heavy (non-hydrogen) atoms. The van der Waals surface area contributed by atoms with Crippen LogP contribution in [0.2, 0.25) is 5.02 Å². The Bertz CT molecular complexity index is 539. The second-order valence-electron chi connectivity index (χ2n) is 4.25. The van der Waals surface area contributed by atoms with Crippen LogP contribution in [0, 0.1) is 6.92 Å². The summed E-state index contributed by atoms with van der Waals surface area (Å²) in [4.78, 5) is 3.93. The van der Waals surface area contributed by atoms with Crippen molar-refractivity contribution in [3.63, 3.8) is 0 Å². The van der Waals surface area contributed by atoms with Crippen LogP contribution in [-0.4, -0.2) is 10.1 Å². The summed E-state index contributed by atoms with van der Waals surface area (Å²) in [6.45, 7) is 2.00. The highest BCUT2D eigenvalue weighted by Gasteiger charge is 2.11. The topological polar surface area (TPSA) is 33.1 Å². The summed E-state index contributed by atoms with van der Waals surface area (Å²) in [6, 6.07) is 7.74. The summed E-state index contributed by atoms with van der Waals surface area (Å²) in [7, 11) is 0. The van der Waals surface area contributed by atoms with Crippen LogP contribution < -0.4 is 0 Å². The molecule has 0 fully saturated rings. The first-order chi connectivity index (χ1) is 8.56. The predicted octanol–water partition coefficient (Wildman–Crippen LogP) is 4.08. The van der Waals surface area contributed by atoms with Crippen molar-refractivity contribution in [1.82, 2.24) is 4.98 Å². The number of nitrogens with zero attached hydrogens (tertiary/aromatic N) is 1. The van der Waals surface area contributed by atoms with Gasteiger partial charge in [0.15, 0.2) is 0 Å². The average molecular weight is 327 g/mol. The number of aryl methyl sites for hydroxylation is 1. The Morgan fingerprint density at radius 1 is 1.39 bits per heavy atom. The van der Waals surface area contributed by atoms with Gasteiger partial charge >= 0.3 is 0 Å². The van der Waals surface area contributed by atoms with Gasteiger partial charge in [-0.25, -0.2) is 0 Å². The molecule has 0 bridgehead atoms. The molecule has 1 unspecified atom stereocenters. The molecule has 2 nitrogen and oxygen atoms in total. The fraction of sp³-hybridized carbons (Fsp3) is 0.214. The standard InChI is InChI=1S/C14H13BrClNO/c1-9-4-11(6-12(15)5-9)14(18)7-10-2-3-17-8-13(10)16/h2-6,8,14,18H,7H2,1H3. The maximum atomic E-state index is 10.2. The van der Waals surface area contributed by atoms with Gasteiger partial charge in [-0.05, 0) is 41.8 Å². The third-order valence-electron chi connectivity index (χ3n) is 2.72. The third kappa shape index (κ3) is 3.31. The van der Waals surface area contributed by atoms with E-state index in [1.807, 2.05) is 31.2 Å². The van der Waals surface area contributed by atoms with Crippen LogP contribution in [0.25, 0.3) is 0 Å². The van der Waals surface area contributed by atoms with Crippen molar-refractivity contribution in [1.29, 1.82) is 0 Å². The molecule has 0 saturated heterocycles. The van der Waals surface area contributed by atoms with Crippen LogP contribution in [0.15, 0.2) is 41.1 Å². The molecule has 0 radical (unpaired) electrons. The number of benzene rings is 1. The molecule has 0 aliphatic heterocycles. The maximum absolute atomic E-state index is 10.2. The zero-order valence-electron chi connectivity index (χ0n) is 9.90. The number of aliphatic hydroxyl groups is 1. The van der Waals surface area contributed by atoms with Crippen LogP contribution in [0.4, 0.5) is 0 Å². The van der Waals surface area contributed by atoms with Crippen LogP contribution in [0.1, 0.15) is 22.8 Å². The molecule has 1 heterocycles. The van der Waals surface area contributed by atoms with Gasteiger partial charge < -0.3 is 5.11 Å². The highest BCUT2D eigenvalue weighted by Crippen LogP contribution is 2.25. The van der Waals surface area contributed by atoms with Gasteiger partial charge in [0.25, 0.3) is 0 Å². The molecule has 0 aliphatic rings. The number of aromatic nitrogens is 1. The summed E-state index contributed by atoms with van der Waals surface area (Å²) in [5, 5.41) is 10.8.